The second-order valence-corrected chi connectivity index (χ2v) is 8.48. The van der Waals surface area contributed by atoms with Crippen LogP contribution in [0.15, 0.2) is 48.5 Å². The van der Waals surface area contributed by atoms with Gasteiger partial charge < -0.3 is 25.4 Å². The molecule has 6 nitrogen and oxygen atoms in total. The summed E-state index contributed by atoms with van der Waals surface area (Å²) in [7, 11) is 5.72. The van der Waals surface area contributed by atoms with Crippen molar-refractivity contribution >= 4 is 5.91 Å². The molecule has 3 N–H and O–H groups in total. The third-order valence-corrected chi connectivity index (χ3v) is 6.07. The number of ether oxygens (including phenoxy) is 1. The number of likely N-dealkylation sites (tertiary alicyclic amines) is 1. The van der Waals surface area contributed by atoms with Crippen LogP contribution in [0.4, 0.5) is 0 Å². The Hall–Kier alpha value is -2.41. The molecule has 3 rings (SSSR count). The molecule has 2 unspecified atom stereocenters. The molecule has 2 aromatic rings. The van der Waals surface area contributed by atoms with E-state index in [0.717, 1.165) is 43.9 Å². The summed E-state index contributed by atoms with van der Waals surface area (Å²) in [5, 5.41) is 11.7. The maximum atomic E-state index is 11.7. The molecule has 2 atom stereocenters. The summed E-state index contributed by atoms with van der Waals surface area (Å²) in [5.41, 5.74) is 6.97. The lowest BCUT2D eigenvalue weighted by Crippen LogP contribution is -2.53. The molecule has 162 valence electrons. The predicted octanol–water partition coefficient (Wildman–Crippen LogP) is 2.11. The van der Waals surface area contributed by atoms with Gasteiger partial charge in [-0.05, 0) is 62.3 Å². The third-order valence-electron chi connectivity index (χ3n) is 6.07. The summed E-state index contributed by atoms with van der Waals surface area (Å²) in [6, 6.07) is 15.3. The van der Waals surface area contributed by atoms with Gasteiger partial charge in [0.05, 0.1) is 12.7 Å². The predicted molar refractivity (Wildman–Crippen MR) is 119 cm³/mol. The number of primary amides is 1. The molecule has 1 heterocycles. The number of nitrogens with two attached hydrogens (primary N) is 1. The highest BCUT2D eigenvalue weighted by atomic mass is 16.5. The number of methoxy groups -OCH3 is 1. The molecule has 1 fully saturated rings. The number of rotatable bonds is 8. The first-order valence-electron chi connectivity index (χ1n) is 10.4. The molecule has 0 aromatic heterocycles. The summed E-state index contributed by atoms with van der Waals surface area (Å²) in [4.78, 5) is 16.2. The average Bonchev–Trinajstić information content (AvgIpc) is 2.74. The normalized spacial score (nSPS) is 22.2. The lowest BCUT2D eigenvalue weighted by Gasteiger charge is -2.46. The fraction of sp³-hybridized carbons (Fsp3) is 0.458. The Morgan fingerprint density at radius 1 is 1.27 bits per heavy atom. The zero-order valence-corrected chi connectivity index (χ0v) is 18.2. The van der Waals surface area contributed by atoms with Crippen LogP contribution in [0.25, 0.3) is 0 Å². The Morgan fingerprint density at radius 2 is 2.00 bits per heavy atom. The van der Waals surface area contributed by atoms with Crippen molar-refractivity contribution in [3.8, 4) is 5.75 Å². The zero-order chi connectivity index (χ0) is 21.7. The Bertz CT molecular complexity index is 853. The van der Waals surface area contributed by atoms with Gasteiger partial charge >= 0.3 is 0 Å². The van der Waals surface area contributed by atoms with Gasteiger partial charge in [-0.1, -0.05) is 24.3 Å². The summed E-state index contributed by atoms with van der Waals surface area (Å²) in [6.45, 7) is 3.30. The monoisotopic (exact) mass is 411 g/mol. The first-order valence-corrected chi connectivity index (χ1v) is 10.4. The summed E-state index contributed by atoms with van der Waals surface area (Å²) >= 11 is 0. The number of hydrogen-bond donors (Lipinski definition) is 2. The first-order chi connectivity index (χ1) is 14.3. The van der Waals surface area contributed by atoms with E-state index in [1.165, 1.54) is 5.56 Å². The van der Waals surface area contributed by atoms with Gasteiger partial charge in [-0.2, -0.15) is 0 Å². The largest absolute Gasteiger partial charge is 0.497 e. The highest BCUT2D eigenvalue weighted by molar-refractivity contribution is 5.92. The molecule has 1 saturated heterocycles. The minimum Gasteiger partial charge on any atom is -0.497 e. The highest BCUT2D eigenvalue weighted by Gasteiger charge is 2.43. The maximum Gasteiger partial charge on any atom is 0.248 e. The fourth-order valence-electron chi connectivity index (χ4n) is 4.34. The average molecular weight is 412 g/mol. The molecule has 0 saturated carbocycles. The van der Waals surface area contributed by atoms with E-state index in [-0.39, 0.29) is 5.92 Å². The van der Waals surface area contributed by atoms with Crippen molar-refractivity contribution < 1.29 is 14.6 Å². The van der Waals surface area contributed by atoms with Crippen molar-refractivity contribution in [2.24, 2.45) is 11.7 Å². The van der Waals surface area contributed by atoms with Gasteiger partial charge in [0.15, 0.2) is 0 Å². The van der Waals surface area contributed by atoms with E-state index in [2.05, 4.69) is 21.9 Å². The number of benzene rings is 2. The number of amides is 1. The number of carbonyl (C=O) groups is 1. The molecule has 1 aliphatic heterocycles. The molecule has 30 heavy (non-hydrogen) atoms. The number of carbonyl (C=O) groups excluding carboxylic acids is 1. The minimum atomic E-state index is -0.980. The Labute approximate surface area is 179 Å². The third kappa shape index (κ3) is 5.19. The highest BCUT2D eigenvalue weighted by Crippen LogP contribution is 2.38. The van der Waals surface area contributed by atoms with Gasteiger partial charge in [0.25, 0.3) is 0 Å². The topological polar surface area (TPSA) is 79.0 Å². The number of nitrogens with zero attached hydrogens (tertiary/aromatic N) is 2. The van der Waals surface area contributed by atoms with Crippen LogP contribution in [0.2, 0.25) is 0 Å². The van der Waals surface area contributed by atoms with Crippen molar-refractivity contribution in [2.75, 3.05) is 47.4 Å². The van der Waals surface area contributed by atoms with Crippen LogP contribution in [0, 0.1) is 5.92 Å². The van der Waals surface area contributed by atoms with E-state index < -0.39 is 11.5 Å². The van der Waals surface area contributed by atoms with E-state index in [9.17, 15) is 9.90 Å². The zero-order valence-electron chi connectivity index (χ0n) is 18.2. The van der Waals surface area contributed by atoms with Crippen molar-refractivity contribution in [1.82, 2.24) is 9.80 Å². The van der Waals surface area contributed by atoms with Gasteiger partial charge in [0, 0.05) is 37.7 Å². The minimum absolute atomic E-state index is 0.0280. The van der Waals surface area contributed by atoms with Crippen LogP contribution < -0.4 is 10.5 Å². The van der Waals surface area contributed by atoms with Crippen LogP contribution in [-0.2, 0) is 12.0 Å². The SMILES string of the molecule is COc1ccc(CCN2CCC(O)(c3cccc(C(N)=O)c3)C(CN(C)C)C2)cc1. The summed E-state index contributed by atoms with van der Waals surface area (Å²) < 4.78 is 5.23. The van der Waals surface area contributed by atoms with Crippen molar-refractivity contribution in [3.05, 3.63) is 65.2 Å². The van der Waals surface area contributed by atoms with Crippen LogP contribution in [0.3, 0.4) is 0 Å². The molecular weight excluding hydrogens is 378 g/mol. The molecule has 2 aromatic carbocycles. The Kier molecular flexibility index (Phi) is 7.13. The molecule has 0 aliphatic carbocycles. The standard InChI is InChI=1S/C24H33N3O3/c1-26(2)16-21-17-27(13-11-18-7-9-22(30-3)10-8-18)14-12-24(21,29)20-6-4-5-19(15-20)23(25)28/h4-10,15,21,29H,11-14,16-17H2,1-3H3,(H2,25,28). The number of piperidine rings is 1. The molecule has 1 aliphatic rings. The van der Waals surface area contributed by atoms with E-state index in [1.54, 1.807) is 25.3 Å². The first kappa shape index (κ1) is 22.3. The lowest BCUT2D eigenvalue weighted by atomic mass is 9.75. The number of aliphatic hydroxyl groups is 1. The Morgan fingerprint density at radius 3 is 2.63 bits per heavy atom. The molecule has 6 heteroatoms. The number of hydrogen-bond acceptors (Lipinski definition) is 5. The summed E-state index contributed by atoms with van der Waals surface area (Å²) in [6.07, 6.45) is 1.57. The van der Waals surface area contributed by atoms with Crippen LogP contribution in [0.5, 0.6) is 5.75 Å². The van der Waals surface area contributed by atoms with Crippen LogP contribution in [0.1, 0.15) is 27.9 Å². The van der Waals surface area contributed by atoms with E-state index in [1.807, 2.05) is 32.3 Å². The van der Waals surface area contributed by atoms with Crippen LogP contribution >= 0.6 is 0 Å². The molecule has 0 radical (unpaired) electrons. The van der Waals surface area contributed by atoms with E-state index >= 15 is 0 Å². The van der Waals surface area contributed by atoms with Crippen LogP contribution in [-0.4, -0.2) is 68.2 Å². The molecule has 1 amide bonds. The molecule has 0 spiro atoms. The van der Waals surface area contributed by atoms with Gasteiger partial charge in [-0.3, -0.25) is 4.79 Å². The lowest BCUT2D eigenvalue weighted by molar-refractivity contribution is -0.0843. The van der Waals surface area contributed by atoms with E-state index in [0.29, 0.717) is 12.0 Å². The second-order valence-electron chi connectivity index (χ2n) is 8.48. The maximum absolute atomic E-state index is 11.7. The molecule has 0 bridgehead atoms. The second kappa shape index (κ2) is 9.60. The van der Waals surface area contributed by atoms with Crippen molar-refractivity contribution in [1.29, 1.82) is 0 Å². The fourth-order valence-corrected chi connectivity index (χ4v) is 4.34. The smallest absolute Gasteiger partial charge is 0.248 e. The molecular formula is C24H33N3O3. The van der Waals surface area contributed by atoms with Gasteiger partial charge in [0.1, 0.15) is 5.75 Å². The van der Waals surface area contributed by atoms with Gasteiger partial charge in [-0.25, -0.2) is 0 Å². The Balaban J connectivity index is 1.73. The van der Waals surface area contributed by atoms with Gasteiger partial charge in [-0.15, -0.1) is 0 Å². The summed E-state index contributed by atoms with van der Waals surface area (Å²) in [5.74, 6) is 0.424. The van der Waals surface area contributed by atoms with Crippen molar-refractivity contribution in [2.45, 2.75) is 18.4 Å². The quantitative estimate of drug-likeness (QED) is 0.696. The van der Waals surface area contributed by atoms with Gasteiger partial charge in [0.2, 0.25) is 5.91 Å². The van der Waals surface area contributed by atoms with E-state index in [4.69, 9.17) is 10.5 Å². The van der Waals surface area contributed by atoms with Crippen molar-refractivity contribution in [3.63, 3.8) is 0 Å².